The Kier molecular flexibility index (Phi) is 6.58. The SMILES string of the molecule is COC(=O)c1ccc(Cn2c3c(c4cc(F)ccc42)C(=O)N(CCN2CCCC2CO)CC3)cc1. The van der Waals surface area contributed by atoms with Crippen molar-refractivity contribution in [2.24, 2.45) is 0 Å². The number of aliphatic hydroxyl groups is 1. The Morgan fingerprint density at radius 1 is 1.14 bits per heavy atom. The van der Waals surface area contributed by atoms with Gasteiger partial charge in [0, 0.05) is 55.2 Å². The summed E-state index contributed by atoms with van der Waals surface area (Å²) in [6.07, 6.45) is 2.74. The van der Waals surface area contributed by atoms with Crippen molar-refractivity contribution in [1.29, 1.82) is 0 Å². The van der Waals surface area contributed by atoms with Crippen molar-refractivity contribution in [3.63, 3.8) is 0 Å². The summed E-state index contributed by atoms with van der Waals surface area (Å²) < 4.78 is 21.1. The number of methoxy groups -OCH3 is 1. The van der Waals surface area contributed by atoms with Gasteiger partial charge in [-0.15, -0.1) is 0 Å². The lowest BCUT2D eigenvalue weighted by Gasteiger charge is -2.31. The Morgan fingerprint density at radius 2 is 1.94 bits per heavy atom. The number of halogens is 1. The van der Waals surface area contributed by atoms with Gasteiger partial charge in [-0.05, 0) is 55.3 Å². The Morgan fingerprint density at radius 3 is 2.69 bits per heavy atom. The molecule has 1 fully saturated rings. The van der Waals surface area contributed by atoms with Gasteiger partial charge in [0.1, 0.15) is 5.82 Å². The molecule has 1 atom stereocenters. The smallest absolute Gasteiger partial charge is 0.337 e. The number of aromatic nitrogens is 1. The third-order valence-electron chi connectivity index (χ3n) is 7.34. The van der Waals surface area contributed by atoms with Crippen LogP contribution in [-0.2, 0) is 17.7 Å². The van der Waals surface area contributed by atoms with Crippen LogP contribution in [0.3, 0.4) is 0 Å². The number of benzene rings is 2. The topological polar surface area (TPSA) is 75.0 Å². The van der Waals surface area contributed by atoms with E-state index in [2.05, 4.69) is 9.47 Å². The molecule has 2 aliphatic heterocycles. The van der Waals surface area contributed by atoms with E-state index in [1.807, 2.05) is 17.0 Å². The predicted molar refractivity (Wildman–Crippen MR) is 130 cm³/mol. The molecule has 35 heavy (non-hydrogen) atoms. The average Bonchev–Trinajstić information content (AvgIpc) is 3.46. The maximum Gasteiger partial charge on any atom is 0.337 e. The summed E-state index contributed by atoms with van der Waals surface area (Å²) >= 11 is 0. The van der Waals surface area contributed by atoms with Crippen LogP contribution in [0, 0.1) is 5.82 Å². The Hall–Kier alpha value is -3.23. The first-order chi connectivity index (χ1) is 17.0. The summed E-state index contributed by atoms with van der Waals surface area (Å²) in [4.78, 5) is 29.5. The second-order valence-electron chi connectivity index (χ2n) is 9.31. The number of carbonyl (C=O) groups is 2. The van der Waals surface area contributed by atoms with Crippen LogP contribution in [0.2, 0.25) is 0 Å². The molecule has 0 bridgehead atoms. The van der Waals surface area contributed by atoms with Crippen LogP contribution in [0.25, 0.3) is 10.9 Å². The Labute approximate surface area is 203 Å². The number of carbonyl (C=O) groups excluding carboxylic acids is 2. The van der Waals surface area contributed by atoms with Gasteiger partial charge in [0.2, 0.25) is 0 Å². The molecule has 0 saturated carbocycles. The number of aliphatic hydroxyl groups excluding tert-OH is 1. The first kappa shape index (κ1) is 23.5. The number of esters is 1. The van der Waals surface area contributed by atoms with E-state index in [-0.39, 0.29) is 30.3 Å². The molecule has 1 amide bonds. The zero-order valence-electron chi connectivity index (χ0n) is 19.9. The molecule has 8 heteroatoms. The molecule has 0 radical (unpaired) electrons. The molecular formula is C27H30FN3O4. The third-order valence-corrected chi connectivity index (χ3v) is 7.34. The summed E-state index contributed by atoms with van der Waals surface area (Å²) in [5.74, 6) is -0.824. The van der Waals surface area contributed by atoms with Crippen molar-refractivity contribution in [3.8, 4) is 0 Å². The van der Waals surface area contributed by atoms with Gasteiger partial charge in [0.25, 0.3) is 5.91 Å². The van der Waals surface area contributed by atoms with E-state index in [9.17, 15) is 19.1 Å². The molecule has 2 aliphatic rings. The lowest BCUT2D eigenvalue weighted by molar-refractivity contribution is 0.0600. The molecule has 3 heterocycles. The van der Waals surface area contributed by atoms with Gasteiger partial charge in [-0.25, -0.2) is 9.18 Å². The first-order valence-corrected chi connectivity index (χ1v) is 12.1. The summed E-state index contributed by atoms with van der Waals surface area (Å²) in [5.41, 5.74) is 3.77. The minimum Gasteiger partial charge on any atom is -0.465 e. The third kappa shape index (κ3) is 4.44. The van der Waals surface area contributed by atoms with Crippen LogP contribution in [0.4, 0.5) is 4.39 Å². The summed E-state index contributed by atoms with van der Waals surface area (Å²) in [5, 5.41) is 10.2. The fourth-order valence-corrected chi connectivity index (χ4v) is 5.46. The van der Waals surface area contributed by atoms with E-state index in [4.69, 9.17) is 4.74 Å². The summed E-state index contributed by atoms with van der Waals surface area (Å²) in [7, 11) is 1.35. The Balaban J connectivity index is 1.43. The van der Waals surface area contributed by atoms with Crippen molar-refractivity contribution in [2.45, 2.75) is 31.8 Å². The minimum atomic E-state index is -0.388. The minimum absolute atomic E-state index is 0.0682. The first-order valence-electron chi connectivity index (χ1n) is 12.1. The molecule has 1 aromatic heterocycles. The fourth-order valence-electron chi connectivity index (χ4n) is 5.46. The Bertz CT molecular complexity index is 1250. The standard InChI is InChI=1S/C27H30FN3O4/c1-35-27(34)19-6-4-18(5-7-19)16-31-23-9-8-20(28)15-22(23)25-24(31)10-12-30(26(25)33)14-13-29-11-2-3-21(29)17-32/h4-9,15,21,32H,2-3,10-14,16-17H2,1H3. The van der Waals surface area contributed by atoms with Crippen molar-refractivity contribution < 1.29 is 23.8 Å². The van der Waals surface area contributed by atoms with Gasteiger partial charge in [0.15, 0.2) is 0 Å². The number of hydrogen-bond acceptors (Lipinski definition) is 5. The van der Waals surface area contributed by atoms with Crippen LogP contribution < -0.4 is 0 Å². The average molecular weight is 480 g/mol. The highest BCUT2D eigenvalue weighted by Gasteiger charge is 2.32. The number of likely N-dealkylation sites (tertiary alicyclic amines) is 1. The van der Waals surface area contributed by atoms with Gasteiger partial charge >= 0.3 is 5.97 Å². The van der Waals surface area contributed by atoms with Crippen molar-refractivity contribution in [2.75, 3.05) is 39.9 Å². The lowest BCUT2D eigenvalue weighted by atomic mass is 10.0. The predicted octanol–water partition coefficient (Wildman–Crippen LogP) is 3.07. The van der Waals surface area contributed by atoms with Crippen LogP contribution in [0.5, 0.6) is 0 Å². The van der Waals surface area contributed by atoms with Crippen LogP contribution in [0.15, 0.2) is 42.5 Å². The number of rotatable bonds is 7. The van der Waals surface area contributed by atoms with E-state index in [1.54, 1.807) is 18.2 Å². The summed E-state index contributed by atoms with van der Waals surface area (Å²) in [6, 6.07) is 12.0. The van der Waals surface area contributed by atoms with Crippen LogP contribution in [-0.4, -0.2) is 77.3 Å². The number of ether oxygens (including phenoxy) is 1. The van der Waals surface area contributed by atoms with E-state index < -0.39 is 0 Å². The molecule has 0 spiro atoms. The molecule has 7 nitrogen and oxygen atoms in total. The molecule has 5 rings (SSSR count). The lowest BCUT2D eigenvalue weighted by Crippen LogP contribution is -2.44. The van der Waals surface area contributed by atoms with Gasteiger partial charge in [-0.3, -0.25) is 9.69 Å². The monoisotopic (exact) mass is 479 g/mol. The largest absolute Gasteiger partial charge is 0.465 e. The van der Waals surface area contributed by atoms with E-state index >= 15 is 0 Å². The van der Waals surface area contributed by atoms with E-state index in [1.165, 1.54) is 19.2 Å². The zero-order valence-corrected chi connectivity index (χ0v) is 19.9. The van der Waals surface area contributed by atoms with Crippen LogP contribution >= 0.6 is 0 Å². The number of amides is 1. The van der Waals surface area contributed by atoms with Gasteiger partial charge in [-0.1, -0.05) is 12.1 Å². The molecular weight excluding hydrogens is 449 g/mol. The highest BCUT2D eigenvalue weighted by molar-refractivity contribution is 6.09. The zero-order chi connectivity index (χ0) is 24.5. The molecule has 3 aromatic rings. The molecule has 1 unspecified atom stereocenters. The van der Waals surface area contributed by atoms with Crippen LogP contribution in [0.1, 0.15) is 44.8 Å². The van der Waals surface area contributed by atoms with Crippen molar-refractivity contribution in [1.82, 2.24) is 14.4 Å². The summed E-state index contributed by atoms with van der Waals surface area (Å²) in [6.45, 7) is 3.52. The molecule has 0 aliphatic carbocycles. The van der Waals surface area contributed by atoms with Gasteiger partial charge < -0.3 is 19.3 Å². The van der Waals surface area contributed by atoms with Crippen molar-refractivity contribution in [3.05, 3.63) is 70.7 Å². The number of hydrogen-bond donors (Lipinski definition) is 1. The quantitative estimate of drug-likeness (QED) is 0.528. The second kappa shape index (κ2) is 9.79. The van der Waals surface area contributed by atoms with Gasteiger partial charge in [-0.2, -0.15) is 0 Å². The fraction of sp³-hybridized carbons (Fsp3) is 0.407. The maximum atomic E-state index is 14.2. The highest BCUT2D eigenvalue weighted by atomic mass is 19.1. The molecule has 1 N–H and O–H groups in total. The van der Waals surface area contributed by atoms with E-state index in [0.717, 1.165) is 42.7 Å². The normalized spacial score (nSPS) is 18.3. The number of fused-ring (bicyclic) bond motifs is 3. The highest BCUT2D eigenvalue weighted by Crippen LogP contribution is 2.32. The second-order valence-corrected chi connectivity index (χ2v) is 9.31. The number of nitrogens with zero attached hydrogens (tertiary/aromatic N) is 3. The maximum absolute atomic E-state index is 14.2. The van der Waals surface area contributed by atoms with Gasteiger partial charge in [0.05, 0.1) is 24.8 Å². The van der Waals surface area contributed by atoms with Crippen molar-refractivity contribution >= 4 is 22.8 Å². The molecule has 1 saturated heterocycles. The molecule has 2 aromatic carbocycles. The molecule has 184 valence electrons. The van der Waals surface area contributed by atoms with E-state index in [0.29, 0.717) is 42.6 Å².